The van der Waals surface area contributed by atoms with Gasteiger partial charge in [0.15, 0.2) is 0 Å². The molecule has 1 fully saturated rings. The Morgan fingerprint density at radius 1 is 1.48 bits per heavy atom. The summed E-state index contributed by atoms with van der Waals surface area (Å²) in [6.45, 7) is 1.98. The van der Waals surface area contributed by atoms with E-state index in [4.69, 9.17) is 0 Å². The van der Waals surface area contributed by atoms with Gasteiger partial charge in [0.1, 0.15) is 6.04 Å². The number of rotatable bonds is 5. The quantitative estimate of drug-likeness (QED) is 0.902. The minimum atomic E-state index is -0.924. The predicted molar refractivity (Wildman–Crippen MR) is 87.8 cm³/mol. The van der Waals surface area contributed by atoms with Crippen molar-refractivity contribution in [3.05, 3.63) is 35.4 Å². The van der Waals surface area contributed by atoms with E-state index in [1.807, 2.05) is 31.4 Å². The van der Waals surface area contributed by atoms with Crippen LogP contribution in [0, 0.1) is 0 Å². The zero-order chi connectivity index (χ0) is 15.4. The number of aliphatic carboxylic acids is 1. The minimum Gasteiger partial charge on any atom is -0.480 e. The van der Waals surface area contributed by atoms with Crippen LogP contribution in [0.25, 0.3) is 0 Å². The fourth-order valence-corrected chi connectivity index (χ4v) is 4.31. The maximum Gasteiger partial charge on any atom is 0.327 e. The Balaban J connectivity index is 2.27. The van der Waals surface area contributed by atoms with Gasteiger partial charge in [-0.1, -0.05) is 19.1 Å². The van der Waals surface area contributed by atoms with Gasteiger partial charge in [-0.05, 0) is 30.4 Å². The van der Waals surface area contributed by atoms with Gasteiger partial charge in [-0.2, -0.15) is 11.8 Å². The van der Waals surface area contributed by atoms with Crippen molar-refractivity contribution >= 4 is 35.4 Å². The number of thioether (sulfide) groups is 2. The zero-order valence-electron chi connectivity index (χ0n) is 12.1. The molecule has 4 nitrogen and oxygen atoms in total. The maximum absolute atomic E-state index is 12.7. The summed E-state index contributed by atoms with van der Waals surface area (Å²) in [4.78, 5) is 25.6. The SMILES string of the molecule is CCC1SCC(C(=O)O)N1C(=O)c1cccc(CSC)c1. The first-order valence-corrected chi connectivity index (χ1v) is 9.27. The van der Waals surface area contributed by atoms with E-state index in [2.05, 4.69) is 0 Å². The van der Waals surface area contributed by atoms with Gasteiger partial charge in [0, 0.05) is 17.1 Å². The van der Waals surface area contributed by atoms with Crippen molar-refractivity contribution in [3.8, 4) is 0 Å². The van der Waals surface area contributed by atoms with Crippen molar-refractivity contribution in [1.29, 1.82) is 0 Å². The summed E-state index contributed by atoms with van der Waals surface area (Å²) in [7, 11) is 0. The van der Waals surface area contributed by atoms with Crippen molar-refractivity contribution in [2.24, 2.45) is 0 Å². The number of carbonyl (C=O) groups is 2. The van der Waals surface area contributed by atoms with Gasteiger partial charge in [-0.15, -0.1) is 11.8 Å². The third kappa shape index (κ3) is 3.55. The molecule has 1 N–H and O–H groups in total. The van der Waals surface area contributed by atoms with Crippen LogP contribution in [-0.2, 0) is 10.5 Å². The van der Waals surface area contributed by atoms with Crippen molar-refractivity contribution < 1.29 is 14.7 Å². The summed E-state index contributed by atoms with van der Waals surface area (Å²) in [5.74, 6) is 0.203. The molecule has 2 atom stereocenters. The van der Waals surface area contributed by atoms with E-state index in [0.29, 0.717) is 11.3 Å². The topological polar surface area (TPSA) is 57.6 Å². The smallest absolute Gasteiger partial charge is 0.327 e. The summed E-state index contributed by atoms with van der Waals surface area (Å²) in [6.07, 6.45) is 2.77. The van der Waals surface area contributed by atoms with E-state index in [0.717, 1.165) is 17.7 Å². The predicted octanol–water partition coefficient (Wildman–Crippen LogP) is 2.93. The average Bonchev–Trinajstić information content (AvgIpc) is 2.91. The van der Waals surface area contributed by atoms with Crippen LogP contribution in [0.2, 0.25) is 0 Å². The van der Waals surface area contributed by atoms with Crippen molar-refractivity contribution in [2.75, 3.05) is 12.0 Å². The lowest BCUT2D eigenvalue weighted by atomic mass is 10.1. The number of carboxylic acid groups (broad SMARTS) is 1. The molecule has 114 valence electrons. The number of carboxylic acids is 1. The largest absolute Gasteiger partial charge is 0.480 e. The van der Waals surface area contributed by atoms with E-state index < -0.39 is 12.0 Å². The molecular formula is C15H19NO3S2. The molecular weight excluding hydrogens is 306 g/mol. The molecule has 1 aromatic rings. The third-order valence-electron chi connectivity index (χ3n) is 3.45. The Hall–Kier alpha value is -1.14. The van der Waals surface area contributed by atoms with Gasteiger partial charge >= 0.3 is 5.97 Å². The highest BCUT2D eigenvalue weighted by molar-refractivity contribution is 8.00. The molecule has 0 radical (unpaired) electrons. The molecule has 2 rings (SSSR count). The second-order valence-electron chi connectivity index (χ2n) is 4.90. The first-order chi connectivity index (χ1) is 10.1. The van der Waals surface area contributed by atoms with E-state index in [9.17, 15) is 14.7 Å². The fourth-order valence-electron chi connectivity index (χ4n) is 2.45. The summed E-state index contributed by atoms with van der Waals surface area (Å²) in [5, 5.41) is 9.27. The fraction of sp³-hybridized carbons (Fsp3) is 0.467. The standard InChI is InChI=1S/C15H19NO3S2/c1-3-13-16(12(9-21-13)15(18)19)14(17)11-6-4-5-10(7-11)8-20-2/h4-7,12-13H,3,8-9H2,1-2H3,(H,18,19). The molecule has 1 aliphatic heterocycles. The lowest BCUT2D eigenvalue weighted by Crippen LogP contribution is -2.45. The first kappa shape index (κ1) is 16.2. The molecule has 0 bridgehead atoms. The zero-order valence-corrected chi connectivity index (χ0v) is 13.7. The molecule has 1 aromatic carbocycles. The third-order valence-corrected chi connectivity index (χ3v) is 5.52. The van der Waals surface area contributed by atoms with Crippen LogP contribution in [0.15, 0.2) is 24.3 Å². The maximum atomic E-state index is 12.7. The van der Waals surface area contributed by atoms with Crippen LogP contribution < -0.4 is 0 Å². The van der Waals surface area contributed by atoms with Gasteiger partial charge < -0.3 is 10.0 Å². The summed E-state index contributed by atoms with van der Waals surface area (Å²) in [6, 6.07) is 6.75. The molecule has 0 aliphatic carbocycles. The highest BCUT2D eigenvalue weighted by Gasteiger charge is 2.41. The van der Waals surface area contributed by atoms with Gasteiger partial charge in [-0.25, -0.2) is 4.79 Å². The molecule has 1 heterocycles. The van der Waals surface area contributed by atoms with Gasteiger partial charge in [0.2, 0.25) is 0 Å². The highest BCUT2D eigenvalue weighted by Crippen LogP contribution is 2.32. The van der Waals surface area contributed by atoms with Gasteiger partial charge in [0.05, 0.1) is 5.37 Å². The van der Waals surface area contributed by atoms with Crippen LogP contribution in [-0.4, -0.2) is 45.3 Å². The second kappa shape index (κ2) is 7.22. The Labute approximate surface area is 133 Å². The molecule has 0 spiro atoms. The van der Waals surface area contributed by atoms with Crippen molar-refractivity contribution in [2.45, 2.75) is 30.5 Å². The van der Waals surface area contributed by atoms with Gasteiger partial charge in [0.25, 0.3) is 5.91 Å². The minimum absolute atomic E-state index is 0.0530. The Morgan fingerprint density at radius 3 is 2.86 bits per heavy atom. The Kier molecular flexibility index (Phi) is 5.58. The number of benzene rings is 1. The molecule has 2 unspecified atom stereocenters. The summed E-state index contributed by atoms with van der Waals surface area (Å²) in [5.41, 5.74) is 1.66. The molecule has 0 aromatic heterocycles. The van der Waals surface area contributed by atoms with Crippen LogP contribution in [0.1, 0.15) is 29.3 Å². The number of carbonyl (C=O) groups excluding carboxylic acids is 1. The Morgan fingerprint density at radius 2 is 2.24 bits per heavy atom. The van der Waals surface area contributed by atoms with Crippen molar-refractivity contribution in [1.82, 2.24) is 4.90 Å². The van der Waals surface area contributed by atoms with E-state index >= 15 is 0 Å². The van der Waals surface area contributed by atoms with Crippen LogP contribution >= 0.6 is 23.5 Å². The average molecular weight is 325 g/mol. The molecule has 1 amide bonds. The first-order valence-electron chi connectivity index (χ1n) is 6.83. The van der Waals surface area contributed by atoms with Crippen LogP contribution in [0.4, 0.5) is 0 Å². The van der Waals surface area contributed by atoms with E-state index in [1.165, 1.54) is 4.90 Å². The second-order valence-corrected chi connectivity index (χ2v) is 6.97. The van der Waals surface area contributed by atoms with Crippen molar-refractivity contribution in [3.63, 3.8) is 0 Å². The monoisotopic (exact) mass is 325 g/mol. The number of hydrogen-bond donors (Lipinski definition) is 1. The van der Waals surface area contributed by atoms with Crippen LogP contribution in [0.3, 0.4) is 0 Å². The van der Waals surface area contributed by atoms with Crippen LogP contribution in [0.5, 0.6) is 0 Å². The molecule has 21 heavy (non-hydrogen) atoms. The van der Waals surface area contributed by atoms with Gasteiger partial charge in [-0.3, -0.25) is 4.79 Å². The van der Waals surface area contributed by atoms with E-state index in [1.54, 1.807) is 29.6 Å². The highest BCUT2D eigenvalue weighted by atomic mass is 32.2. The molecule has 1 aliphatic rings. The molecule has 0 saturated carbocycles. The summed E-state index contributed by atoms with van der Waals surface area (Å²) >= 11 is 3.24. The molecule has 6 heteroatoms. The van der Waals surface area contributed by atoms with E-state index in [-0.39, 0.29) is 11.3 Å². The number of nitrogens with zero attached hydrogens (tertiary/aromatic N) is 1. The normalized spacial score (nSPS) is 21.5. The lowest BCUT2D eigenvalue weighted by Gasteiger charge is -2.26. The summed E-state index contributed by atoms with van der Waals surface area (Å²) < 4.78 is 0. The number of amides is 1. The molecule has 1 saturated heterocycles. The Bertz CT molecular complexity index is 535. The number of hydrogen-bond acceptors (Lipinski definition) is 4. The lowest BCUT2D eigenvalue weighted by molar-refractivity contribution is -0.141.